The van der Waals surface area contributed by atoms with Gasteiger partial charge in [-0.15, -0.1) is 0 Å². The molecule has 0 spiro atoms. The molecule has 0 saturated carbocycles. The SMILES string of the molecule is CC(C)C[C@@]1(CN)CCCN1C(=O)O. The summed E-state index contributed by atoms with van der Waals surface area (Å²) < 4.78 is 0. The minimum absolute atomic E-state index is 0.292. The Balaban J connectivity index is 2.80. The van der Waals surface area contributed by atoms with E-state index >= 15 is 0 Å². The van der Waals surface area contributed by atoms with E-state index in [1.54, 1.807) is 0 Å². The molecule has 1 saturated heterocycles. The van der Waals surface area contributed by atoms with E-state index < -0.39 is 6.09 Å². The Kier molecular flexibility index (Phi) is 3.37. The highest BCUT2D eigenvalue weighted by Crippen LogP contribution is 2.34. The van der Waals surface area contributed by atoms with Crippen LogP contribution in [0.5, 0.6) is 0 Å². The molecule has 1 aliphatic rings. The van der Waals surface area contributed by atoms with Crippen LogP contribution in [0.1, 0.15) is 33.1 Å². The molecule has 0 unspecified atom stereocenters. The van der Waals surface area contributed by atoms with Gasteiger partial charge in [-0.3, -0.25) is 0 Å². The summed E-state index contributed by atoms with van der Waals surface area (Å²) in [4.78, 5) is 12.6. The summed E-state index contributed by atoms with van der Waals surface area (Å²) >= 11 is 0. The van der Waals surface area contributed by atoms with Gasteiger partial charge in [-0.1, -0.05) is 13.8 Å². The maximum Gasteiger partial charge on any atom is 0.407 e. The van der Waals surface area contributed by atoms with E-state index in [9.17, 15) is 4.79 Å². The van der Waals surface area contributed by atoms with Gasteiger partial charge in [-0.25, -0.2) is 4.79 Å². The summed E-state index contributed by atoms with van der Waals surface area (Å²) in [5, 5.41) is 9.06. The highest BCUT2D eigenvalue weighted by molar-refractivity contribution is 5.66. The normalized spacial score (nSPS) is 27.3. The number of hydrogen-bond donors (Lipinski definition) is 2. The van der Waals surface area contributed by atoms with Crippen LogP contribution >= 0.6 is 0 Å². The number of carboxylic acid groups (broad SMARTS) is 1. The fourth-order valence-electron chi connectivity index (χ4n) is 2.50. The first-order valence-corrected chi connectivity index (χ1v) is 5.22. The molecule has 0 aliphatic carbocycles. The highest BCUT2D eigenvalue weighted by atomic mass is 16.4. The lowest BCUT2D eigenvalue weighted by Crippen LogP contribution is -2.52. The van der Waals surface area contributed by atoms with Gasteiger partial charge in [0.1, 0.15) is 0 Å². The Morgan fingerprint density at radius 1 is 1.64 bits per heavy atom. The molecule has 1 fully saturated rings. The second-order valence-electron chi connectivity index (χ2n) is 4.56. The van der Waals surface area contributed by atoms with Crippen molar-refractivity contribution in [3.8, 4) is 0 Å². The van der Waals surface area contributed by atoms with Crippen LogP contribution in [0.4, 0.5) is 4.79 Å². The second-order valence-corrected chi connectivity index (χ2v) is 4.56. The zero-order valence-corrected chi connectivity index (χ0v) is 8.99. The lowest BCUT2D eigenvalue weighted by atomic mass is 9.86. The predicted octanol–water partition coefficient (Wildman–Crippen LogP) is 1.50. The van der Waals surface area contributed by atoms with Crippen molar-refractivity contribution in [2.45, 2.75) is 38.6 Å². The average Bonchev–Trinajstić information content (AvgIpc) is 2.48. The fraction of sp³-hybridized carbons (Fsp3) is 0.900. The van der Waals surface area contributed by atoms with Gasteiger partial charge >= 0.3 is 6.09 Å². The Morgan fingerprint density at radius 2 is 2.29 bits per heavy atom. The topological polar surface area (TPSA) is 66.6 Å². The fourth-order valence-corrected chi connectivity index (χ4v) is 2.50. The summed E-state index contributed by atoms with van der Waals surface area (Å²) in [6.45, 7) is 5.29. The maximum atomic E-state index is 11.0. The van der Waals surface area contributed by atoms with Crippen LogP contribution < -0.4 is 5.73 Å². The Bertz CT molecular complexity index is 218. The van der Waals surface area contributed by atoms with Gasteiger partial charge in [0.2, 0.25) is 0 Å². The number of rotatable bonds is 3. The molecule has 3 N–H and O–H groups in total. The summed E-state index contributed by atoms with van der Waals surface area (Å²) in [7, 11) is 0. The predicted molar refractivity (Wildman–Crippen MR) is 55.2 cm³/mol. The van der Waals surface area contributed by atoms with E-state index in [0.717, 1.165) is 19.3 Å². The number of hydrogen-bond acceptors (Lipinski definition) is 2. The number of amides is 1. The standard InChI is InChI=1S/C10H20N2O2/c1-8(2)6-10(7-11)4-3-5-12(10)9(13)14/h8H,3-7,11H2,1-2H3,(H,13,14)/t10-/m1/s1. The molecular formula is C10H20N2O2. The van der Waals surface area contributed by atoms with Crippen molar-refractivity contribution in [1.82, 2.24) is 4.90 Å². The zero-order chi connectivity index (χ0) is 10.8. The van der Waals surface area contributed by atoms with Gasteiger partial charge in [0.05, 0.1) is 5.54 Å². The van der Waals surface area contributed by atoms with Crippen molar-refractivity contribution in [2.24, 2.45) is 11.7 Å². The molecule has 4 heteroatoms. The van der Waals surface area contributed by atoms with Crippen LogP contribution in [-0.2, 0) is 0 Å². The molecule has 1 amide bonds. The van der Waals surface area contributed by atoms with Gasteiger partial charge in [0.25, 0.3) is 0 Å². The lowest BCUT2D eigenvalue weighted by molar-refractivity contribution is 0.0936. The molecule has 0 aromatic heterocycles. The molecule has 0 aromatic rings. The van der Waals surface area contributed by atoms with Crippen LogP contribution in [0.3, 0.4) is 0 Å². The van der Waals surface area contributed by atoms with E-state index in [2.05, 4.69) is 13.8 Å². The van der Waals surface area contributed by atoms with E-state index in [1.807, 2.05) is 0 Å². The number of carbonyl (C=O) groups is 1. The van der Waals surface area contributed by atoms with Crippen LogP contribution in [0, 0.1) is 5.92 Å². The number of nitrogens with zero attached hydrogens (tertiary/aromatic N) is 1. The Morgan fingerprint density at radius 3 is 2.71 bits per heavy atom. The Labute approximate surface area is 85.1 Å². The molecule has 0 radical (unpaired) electrons. The average molecular weight is 200 g/mol. The first-order chi connectivity index (χ1) is 6.52. The van der Waals surface area contributed by atoms with Gasteiger partial charge in [-0.2, -0.15) is 0 Å². The third kappa shape index (κ3) is 2.00. The van der Waals surface area contributed by atoms with Crippen molar-refractivity contribution in [3.63, 3.8) is 0 Å². The second kappa shape index (κ2) is 4.17. The van der Waals surface area contributed by atoms with E-state index in [4.69, 9.17) is 10.8 Å². The molecule has 0 aromatic carbocycles. The van der Waals surface area contributed by atoms with Crippen LogP contribution in [-0.4, -0.2) is 34.7 Å². The third-order valence-electron chi connectivity index (χ3n) is 3.00. The van der Waals surface area contributed by atoms with Gasteiger partial charge in [-0.05, 0) is 25.2 Å². The first kappa shape index (κ1) is 11.3. The molecular weight excluding hydrogens is 180 g/mol. The van der Waals surface area contributed by atoms with Gasteiger partial charge < -0.3 is 15.7 Å². The van der Waals surface area contributed by atoms with Crippen LogP contribution in [0.15, 0.2) is 0 Å². The van der Waals surface area contributed by atoms with Crippen molar-refractivity contribution in [2.75, 3.05) is 13.1 Å². The zero-order valence-electron chi connectivity index (χ0n) is 8.99. The molecule has 1 atom stereocenters. The minimum Gasteiger partial charge on any atom is -0.465 e. The molecule has 1 rings (SSSR count). The first-order valence-electron chi connectivity index (χ1n) is 5.22. The monoisotopic (exact) mass is 200 g/mol. The summed E-state index contributed by atoms with van der Waals surface area (Å²) in [6, 6.07) is 0. The Hall–Kier alpha value is -0.770. The quantitative estimate of drug-likeness (QED) is 0.725. The highest BCUT2D eigenvalue weighted by Gasteiger charge is 2.42. The van der Waals surface area contributed by atoms with Crippen LogP contribution in [0.2, 0.25) is 0 Å². The minimum atomic E-state index is -0.825. The van der Waals surface area contributed by atoms with E-state index in [-0.39, 0.29) is 5.54 Å². The number of nitrogens with two attached hydrogens (primary N) is 1. The van der Waals surface area contributed by atoms with Crippen molar-refractivity contribution >= 4 is 6.09 Å². The van der Waals surface area contributed by atoms with Gasteiger partial charge in [0, 0.05) is 13.1 Å². The van der Waals surface area contributed by atoms with E-state index in [0.29, 0.717) is 19.0 Å². The summed E-state index contributed by atoms with van der Waals surface area (Å²) in [5.41, 5.74) is 5.45. The lowest BCUT2D eigenvalue weighted by Gasteiger charge is -2.37. The van der Waals surface area contributed by atoms with Crippen LogP contribution in [0.25, 0.3) is 0 Å². The summed E-state index contributed by atoms with van der Waals surface area (Å²) in [6.07, 6.45) is 1.90. The maximum absolute atomic E-state index is 11.0. The van der Waals surface area contributed by atoms with E-state index in [1.165, 1.54) is 4.90 Å². The smallest absolute Gasteiger partial charge is 0.407 e. The molecule has 0 bridgehead atoms. The van der Waals surface area contributed by atoms with Crippen molar-refractivity contribution < 1.29 is 9.90 Å². The van der Waals surface area contributed by atoms with Gasteiger partial charge in [0.15, 0.2) is 0 Å². The molecule has 82 valence electrons. The molecule has 1 heterocycles. The summed E-state index contributed by atoms with van der Waals surface area (Å²) in [5.74, 6) is 0.485. The number of likely N-dealkylation sites (tertiary alicyclic amines) is 1. The van der Waals surface area contributed by atoms with Crippen molar-refractivity contribution in [1.29, 1.82) is 0 Å². The largest absolute Gasteiger partial charge is 0.465 e. The molecule has 14 heavy (non-hydrogen) atoms. The molecule has 1 aliphatic heterocycles. The third-order valence-corrected chi connectivity index (χ3v) is 3.00. The van der Waals surface area contributed by atoms with Crippen molar-refractivity contribution in [3.05, 3.63) is 0 Å². The molecule has 4 nitrogen and oxygen atoms in total.